The molecule has 0 aliphatic rings. The third kappa shape index (κ3) is 6.04. The first-order chi connectivity index (χ1) is 16.5. The molecule has 2 nitrogen and oxygen atoms in total. The van der Waals surface area contributed by atoms with Crippen molar-refractivity contribution in [1.82, 2.24) is 0 Å². The van der Waals surface area contributed by atoms with Crippen LogP contribution < -0.4 is 0 Å². The van der Waals surface area contributed by atoms with Gasteiger partial charge >= 0.3 is 47.7 Å². The number of benzene rings is 1. The highest BCUT2D eigenvalue weighted by atomic mass is 19.4. The summed E-state index contributed by atoms with van der Waals surface area (Å²) in [6, 6.07) is 7.40. The number of rotatable bonds is 13. The predicted octanol–water partition coefficient (Wildman–Crippen LogP) is 8.17. The minimum Gasteiger partial charge on any atom is -0.462 e. The fourth-order valence-electron chi connectivity index (χ4n) is 2.78. The van der Waals surface area contributed by atoms with Gasteiger partial charge < -0.3 is 4.74 Å². The number of ether oxygens (including phenoxy) is 1. The Hall–Kier alpha value is -2.36. The molecule has 1 rings (SSSR count). The van der Waals surface area contributed by atoms with Gasteiger partial charge in [0.15, 0.2) is 0 Å². The highest BCUT2D eigenvalue weighted by molar-refractivity contribution is 5.89. The van der Waals surface area contributed by atoms with Crippen molar-refractivity contribution in [3.8, 4) is 0 Å². The molecule has 0 atom stereocenters. The van der Waals surface area contributed by atoms with Crippen LogP contribution in [-0.4, -0.2) is 54.3 Å². The molecule has 1 aromatic carbocycles. The summed E-state index contributed by atoms with van der Waals surface area (Å²) in [5.74, 6) is -47.0. The predicted molar refractivity (Wildman–Crippen MR) is 95.5 cm³/mol. The van der Waals surface area contributed by atoms with Crippen LogP contribution in [-0.2, 0) is 4.74 Å². The first-order valence-corrected chi connectivity index (χ1v) is 10.0. The van der Waals surface area contributed by atoms with Crippen LogP contribution in [0.1, 0.15) is 42.5 Å². The van der Waals surface area contributed by atoms with Crippen molar-refractivity contribution in [2.75, 3.05) is 6.61 Å². The zero-order chi connectivity index (χ0) is 29.1. The first-order valence-electron chi connectivity index (χ1n) is 10.0. The summed E-state index contributed by atoms with van der Waals surface area (Å²) < 4.78 is 202. The Kier molecular flexibility index (Phi) is 9.52. The molecule has 0 bridgehead atoms. The summed E-state index contributed by atoms with van der Waals surface area (Å²) in [4.78, 5) is 11.6. The third-order valence-electron chi connectivity index (χ3n) is 5.02. The molecule has 0 spiro atoms. The van der Waals surface area contributed by atoms with Crippen molar-refractivity contribution in [3.63, 3.8) is 0 Å². The zero-order valence-electron chi connectivity index (χ0n) is 18.1. The van der Waals surface area contributed by atoms with E-state index in [4.69, 9.17) is 4.74 Å². The van der Waals surface area contributed by atoms with Crippen LogP contribution >= 0.6 is 0 Å². The Morgan fingerprint density at radius 3 is 1.49 bits per heavy atom. The maximum Gasteiger partial charge on any atom is 0.460 e. The molecule has 0 saturated carbocycles. The second kappa shape index (κ2) is 10.8. The van der Waals surface area contributed by atoms with E-state index >= 15 is 0 Å². The molecule has 0 fully saturated rings. The molecule has 0 aromatic heterocycles. The molecule has 0 aliphatic carbocycles. The molecule has 0 aliphatic heterocycles. The van der Waals surface area contributed by atoms with Crippen molar-refractivity contribution in [2.24, 2.45) is 0 Å². The molecule has 0 amide bonds. The van der Waals surface area contributed by atoms with Crippen molar-refractivity contribution in [2.45, 2.75) is 73.8 Å². The molecule has 0 heterocycles. The summed E-state index contributed by atoms with van der Waals surface area (Å²) in [7, 11) is 0. The monoisotopic (exact) mass is 574 g/mol. The van der Waals surface area contributed by atoms with E-state index in [0.717, 1.165) is 0 Å². The largest absolute Gasteiger partial charge is 0.462 e. The Balaban J connectivity index is 2.80. The molecule has 0 N–H and O–H groups in total. The van der Waals surface area contributed by atoms with E-state index in [1.54, 1.807) is 6.07 Å². The van der Waals surface area contributed by atoms with Crippen LogP contribution in [0.3, 0.4) is 0 Å². The summed E-state index contributed by atoms with van der Waals surface area (Å²) in [6.07, 6.45) is -11.8. The number of halogens is 15. The number of unbranched alkanes of at least 4 members (excludes halogenated alkanes) is 3. The lowest BCUT2D eigenvalue weighted by Gasteiger charge is -2.41. The van der Waals surface area contributed by atoms with E-state index in [9.17, 15) is 70.7 Å². The summed E-state index contributed by atoms with van der Waals surface area (Å²) in [6.45, 7) is -0.299. The molecule has 37 heavy (non-hydrogen) atoms. The van der Waals surface area contributed by atoms with Gasteiger partial charge in [-0.3, -0.25) is 0 Å². The normalized spacial score (nSPS) is 14.6. The number of esters is 1. The van der Waals surface area contributed by atoms with Gasteiger partial charge in [-0.1, -0.05) is 31.0 Å². The molecule has 0 unspecified atom stereocenters. The van der Waals surface area contributed by atoms with E-state index in [1.165, 1.54) is 24.3 Å². The van der Waals surface area contributed by atoms with Gasteiger partial charge in [-0.2, -0.15) is 65.9 Å². The Bertz CT molecular complexity index is 895. The Morgan fingerprint density at radius 1 is 0.568 bits per heavy atom. The quantitative estimate of drug-likeness (QED) is 0.135. The lowest BCUT2D eigenvalue weighted by molar-refractivity contribution is -0.452. The maximum atomic E-state index is 13.7. The average molecular weight is 574 g/mol. The maximum absolute atomic E-state index is 13.7. The second-order valence-electron chi connectivity index (χ2n) is 7.74. The number of carbonyl (C=O) groups is 1. The topological polar surface area (TPSA) is 26.3 Å². The van der Waals surface area contributed by atoms with Crippen molar-refractivity contribution in [1.29, 1.82) is 0 Å². The zero-order valence-corrected chi connectivity index (χ0v) is 18.1. The average Bonchev–Trinajstić information content (AvgIpc) is 2.77. The van der Waals surface area contributed by atoms with Gasteiger partial charge in [0.1, 0.15) is 0 Å². The van der Waals surface area contributed by atoms with Crippen molar-refractivity contribution in [3.05, 3.63) is 35.9 Å². The third-order valence-corrected chi connectivity index (χ3v) is 5.02. The molecule has 214 valence electrons. The lowest BCUT2D eigenvalue weighted by atomic mass is 9.89. The Morgan fingerprint density at radius 2 is 1.00 bits per heavy atom. The Labute approximate surface area is 198 Å². The fourth-order valence-corrected chi connectivity index (χ4v) is 2.78. The fraction of sp³-hybridized carbons (Fsp3) is 0.650. The number of hydrogen-bond acceptors (Lipinski definition) is 2. The standard InChI is InChI=1S/C20H17F15O2/c21-14(22,10-6-1-2-7-11-37-13(36)12-8-4-3-5-9-12)15(23,24)16(25,26)17(27,28)18(29,30)19(31,32)20(33,34)35/h3-5,8-9H,1-2,6-7,10-11H2. The van der Waals surface area contributed by atoms with Crippen molar-refractivity contribution < 1.29 is 75.4 Å². The van der Waals surface area contributed by atoms with Crippen molar-refractivity contribution >= 4 is 5.97 Å². The van der Waals surface area contributed by atoms with E-state index < -0.39 is 66.9 Å². The van der Waals surface area contributed by atoms with Gasteiger partial charge in [0.05, 0.1) is 12.2 Å². The second-order valence-corrected chi connectivity index (χ2v) is 7.74. The molecule has 1 aromatic rings. The van der Waals surface area contributed by atoms with Gasteiger partial charge in [0.25, 0.3) is 0 Å². The molecule has 0 radical (unpaired) electrons. The van der Waals surface area contributed by atoms with E-state index in [1.807, 2.05) is 0 Å². The van der Waals surface area contributed by atoms with E-state index in [2.05, 4.69) is 0 Å². The minimum atomic E-state index is -8.27. The van der Waals surface area contributed by atoms with E-state index in [0.29, 0.717) is 0 Å². The van der Waals surface area contributed by atoms with E-state index in [-0.39, 0.29) is 25.0 Å². The SMILES string of the molecule is O=C(OCCCCCCC(F)(F)C(F)(F)C(F)(F)C(F)(F)C(F)(F)C(F)(F)C(F)(F)F)c1ccccc1. The smallest absolute Gasteiger partial charge is 0.460 e. The van der Waals surface area contributed by atoms with Gasteiger partial charge in [0, 0.05) is 6.42 Å². The van der Waals surface area contributed by atoms with Crippen LogP contribution in [0.4, 0.5) is 65.9 Å². The summed E-state index contributed by atoms with van der Waals surface area (Å²) in [5.41, 5.74) is 0.153. The van der Waals surface area contributed by atoms with Gasteiger partial charge in [-0.25, -0.2) is 4.79 Å². The van der Waals surface area contributed by atoms with Gasteiger partial charge in [-0.15, -0.1) is 0 Å². The van der Waals surface area contributed by atoms with Crippen LogP contribution in [0, 0.1) is 0 Å². The summed E-state index contributed by atoms with van der Waals surface area (Å²) in [5, 5.41) is 0. The highest BCUT2D eigenvalue weighted by Crippen LogP contribution is 2.62. The molecular formula is C20H17F15O2. The van der Waals surface area contributed by atoms with Gasteiger partial charge in [-0.05, 0) is 25.0 Å². The number of carbonyl (C=O) groups excluding carboxylic acids is 1. The highest BCUT2D eigenvalue weighted by Gasteiger charge is 2.93. The first kappa shape index (κ1) is 32.7. The van der Waals surface area contributed by atoms with Crippen LogP contribution in [0.25, 0.3) is 0 Å². The van der Waals surface area contributed by atoms with Crippen LogP contribution in [0.2, 0.25) is 0 Å². The number of alkyl halides is 15. The summed E-state index contributed by atoms with van der Waals surface area (Å²) >= 11 is 0. The molecule has 0 saturated heterocycles. The lowest BCUT2D eigenvalue weighted by Crippen LogP contribution is -2.72. The van der Waals surface area contributed by atoms with Crippen LogP contribution in [0.5, 0.6) is 0 Å². The van der Waals surface area contributed by atoms with Gasteiger partial charge in [0.2, 0.25) is 0 Å². The van der Waals surface area contributed by atoms with Crippen LogP contribution in [0.15, 0.2) is 30.3 Å². The minimum absolute atomic E-state index is 0.0620. The molecular weight excluding hydrogens is 557 g/mol. The molecule has 17 heteroatoms. The number of hydrogen-bond donors (Lipinski definition) is 0.